The number of carbonyl (C=O) groups excluding carboxylic acids is 1. The lowest BCUT2D eigenvalue weighted by molar-refractivity contribution is 0.0967. The van der Waals surface area contributed by atoms with Crippen LogP contribution < -0.4 is 15.5 Å². The lowest BCUT2D eigenvalue weighted by Crippen LogP contribution is -2.59. The van der Waals surface area contributed by atoms with E-state index < -0.39 is 6.17 Å². The fourth-order valence-corrected chi connectivity index (χ4v) is 5.36. The van der Waals surface area contributed by atoms with Crippen LogP contribution in [0.25, 0.3) is 10.4 Å². The molecule has 0 aromatic heterocycles. The molecule has 1 amide bonds. The van der Waals surface area contributed by atoms with Gasteiger partial charge in [0.15, 0.2) is 0 Å². The maximum absolute atomic E-state index is 14.2. The van der Waals surface area contributed by atoms with Gasteiger partial charge in [-0.1, -0.05) is 84.0 Å². The van der Waals surface area contributed by atoms with Gasteiger partial charge in [0.2, 0.25) is 0 Å². The van der Waals surface area contributed by atoms with Crippen molar-refractivity contribution in [1.29, 1.82) is 0 Å². The van der Waals surface area contributed by atoms with E-state index in [0.717, 1.165) is 24.1 Å². The Labute approximate surface area is 228 Å². The number of fused-ring (bicyclic) bond motifs is 1. The summed E-state index contributed by atoms with van der Waals surface area (Å²) in [5.41, 5.74) is 13.9. The highest BCUT2D eigenvalue weighted by atomic mass is 16.2. The van der Waals surface area contributed by atoms with E-state index in [-0.39, 0.29) is 24.5 Å². The summed E-state index contributed by atoms with van der Waals surface area (Å²) in [5, 5.41) is 11.2. The highest BCUT2D eigenvalue weighted by molar-refractivity contribution is 6.13. The van der Waals surface area contributed by atoms with E-state index in [0.29, 0.717) is 23.2 Å². The zero-order valence-corrected chi connectivity index (χ0v) is 21.6. The third kappa shape index (κ3) is 5.58. The number of amides is 1. The Morgan fingerprint density at radius 2 is 1.87 bits per heavy atom. The van der Waals surface area contributed by atoms with E-state index in [1.54, 1.807) is 4.90 Å². The number of rotatable bonds is 9. The quantitative estimate of drug-likeness (QED) is 0.141. The average molecular weight is 515 g/mol. The number of allylic oxidation sites excluding steroid dienone is 3. The highest BCUT2D eigenvalue weighted by Gasteiger charge is 2.39. The van der Waals surface area contributed by atoms with Gasteiger partial charge in [-0.2, -0.15) is 0 Å². The summed E-state index contributed by atoms with van der Waals surface area (Å²) in [4.78, 5) is 18.9. The van der Waals surface area contributed by atoms with Crippen molar-refractivity contribution >= 4 is 17.3 Å². The molecule has 1 aliphatic heterocycles. The van der Waals surface area contributed by atoms with Gasteiger partial charge in [-0.25, -0.2) is 0 Å². The standard InChI is InChI=1S/C32H30N6O/c1-2-13-28(35-30(23-14-6-3-7-15-23)24-16-8-4-9-17-24)31-36-27-21-12-18-25(22-34-37-33)29(27)32(39)38(31)26-19-10-5-11-20-26/h1,3-8,10-12,14-16,18-21,28,30-31,35-36H,9,13,17,22H2. The molecule has 0 fully saturated rings. The van der Waals surface area contributed by atoms with Crippen molar-refractivity contribution in [3.05, 3.63) is 130 Å². The summed E-state index contributed by atoms with van der Waals surface area (Å²) < 4.78 is 0. The van der Waals surface area contributed by atoms with Crippen LogP contribution in [0.3, 0.4) is 0 Å². The Morgan fingerprint density at radius 1 is 1.10 bits per heavy atom. The minimum absolute atomic E-state index is 0.0678. The lowest BCUT2D eigenvalue weighted by Gasteiger charge is -2.43. The van der Waals surface area contributed by atoms with Crippen LogP contribution in [-0.2, 0) is 6.54 Å². The summed E-state index contributed by atoms with van der Waals surface area (Å²) in [6, 6.07) is 25.1. The number of nitrogens with one attached hydrogen (secondary N) is 2. The van der Waals surface area contributed by atoms with Crippen molar-refractivity contribution in [3.8, 4) is 12.3 Å². The van der Waals surface area contributed by atoms with Crippen molar-refractivity contribution in [1.82, 2.24) is 5.32 Å². The molecular weight excluding hydrogens is 484 g/mol. The molecule has 0 saturated carbocycles. The van der Waals surface area contributed by atoms with Crippen LogP contribution >= 0.6 is 0 Å². The molecule has 2 aliphatic rings. The van der Waals surface area contributed by atoms with Gasteiger partial charge in [0.05, 0.1) is 24.2 Å². The first kappa shape index (κ1) is 25.9. The van der Waals surface area contributed by atoms with E-state index in [2.05, 4.69) is 56.9 Å². The first-order valence-corrected chi connectivity index (χ1v) is 13.1. The van der Waals surface area contributed by atoms with Crippen LogP contribution in [0, 0.1) is 12.3 Å². The minimum atomic E-state index is -0.468. The van der Waals surface area contributed by atoms with Crippen LogP contribution in [0.5, 0.6) is 0 Å². The molecular formula is C32H30N6O. The fourth-order valence-electron chi connectivity index (χ4n) is 5.36. The highest BCUT2D eigenvalue weighted by Crippen LogP contribution is 2.35. The molecule has 3 unspecified atom stereocenters. The number of nitrogens with zero attached hydrogens (tertiary/aromatic N) is 4. The summed E-state index contributed by atoms with van der Waals surface area (Å²) in [6.45, 7) is 0.0875. The van der Waals surface area contributed by atoms with Gasteiger partial charge >= 0.3 is 0 Å². The monoisotopic (exact) mass is 514 g/mol. The third-order valence-corrected chi connectivity index (χ3v) is 7.15. The first-order valence-electron chi connectivity index (χ1n) is 13.1. The van der Waals surface area contributed by atoms with Gasteiger partial charge in [0.1, 0.15) is 6.17 Å². The van der Waals surface area contributed by atoms with E-state index in [1.807, 2.05) is 66.7 Å². The Balaban J connectivity index is 1.59. The molecule has 0 bridgehead atoms. The largest absolute Gasteiger partial charge is 0.363 e. The maximum Gasteiger partial charge on any atom is 0.262 e. The second-order valence-corrected chi connectivity index (χ2v) is 9.56. The zero-order chi connectivity index (χ0) is 27.0. The Morgan fingerprint density at radius 3 is 2.56 bits per heavy atom. The number of terminal acetylenes is 1. The van der Waals surface area contributed by atoms with Crippen molar-refractivity contribution in [3.63, 3.8) is 0 Å². The molecule has 3 aromatic rings. The molecule has 0 spiro atoms. The third-order valence-electron chi connectivity index (χ3n) is 7.15. The van der Waals surface area contributed by atoms with Crippen LogP contribution in [0.15, 0.2) is 108 Å². The molecule has 39 heavy (non-hydrogen) atoms. The molecule has 3 aromatic carbocycles. The van der Waals surface area contributed by atoms with E-state index in [1.165, 1.54) is 5.57 Å². The zero-order valence-electron chi connectivity index (χ0n) is 21.6. The molecule has 0 saturated heterocycles. The predicted molar refractivity (Wildman–Crippen MR) is 156 cm³/mol. The smallest absolute Gasteiger partial charge is 0.262 e. The maximum atomic E-state index is 14.2. The molecule has 1 heterocycles. The van der Waals surface area contributed by atoms with Gasteiger partial charge < -0.3 is 5.32 Å². The fraction of sp³-hybridized carbons (Fsp3) is 0.219. The van der Waals surface area contributed by atoms with Crippen LogP contribution in [0.4, 0.5) is 11.4 Å². The molecule has 5 rings (SSSR count). The molecule has 194 valence electrons. The van der Waals surface area contributed by atoms with Gasteiger partial charge in [0.25, 0.3) is 5.91 Å². The second-order valence-electron chi connectivity index (χ2n) is 9.56. The van der Waals surface area contributed by atoms with E-state index >= 15 is 0 Å². The van der Waals surface area contributed by atoms with Crippen molar-refractivity contribution in [2.75, 3.05) is 10.2 Å². The molecule has 3 atom stereocenters. The summed E-state index contributed by atoms with van der Waals surface area (Å²) in [5.74, 6) is 2.68. The van der Waals surface area contributed by atoms with Crippen molar-refractivity contribution in [2.24, 2.45) is 5.11 Å². The molecule has 2 N–H and O–H groups in total. The van der Waals surface area contributed by atoms with E-state index in [9.17, 15) is 4.79 Å². The first-order chi connectivity index (χ1) is 19.2. The van der Waals surface area contributed by atoms with Crippen molar-refractivity contribution in [2.45, 2.75) is 44.1 Å². The molecule has 7 heteroatoms. The van der Waals surface area contributed by atoms with Crippen molar-refractivity contribution < 1.29 is 4.79 Å². The second kappa shape index (κ2) is 12.2. The predicted octanol–water partition coefficient (Wildman–Crippen LogP) is 6.89. The van der Waals surface area contributed by atoms with Gasteiger partial charge in [-0.05, 0) is 53.3 Å². The summed E-state index contributed by atoms with van der Waals surface area (Å²) in [6.07, 6.45) is 14.2. The average Bonchev–Trinajstić information content (AvgIpc) is 2.99. The lowest BCUT2D eigenvalue weighted by atomic mass is 9.90. The topological polar surface area (TPSA) is 93.1 Å². The van der Waals surface area contributed by atoms with Gasteiger partial charge in [-0.3, -0.25) is 15.0 Å². The summed E-state index contributed by atoms with van der Waals surface area (Å²) in [7, 11) is 0. The van der Waals surface area contributed by atoms with Gasteiger partial charge in [0, 0.05) is 22.7 Å². The van der Waals surface area contributed by atoms with Crippen LogP contribution in [-0.4, -0.2) is 18.1 Å². The number of hydrogen-bond acceptors (Lipinski definition) is 4. The van der Waals surface area contributed by atoms with Gasteiger partial charge in [-0.15, -0.1) is 12.3 Å². The number of hydrogen-bond donors (Lipinski definition) is 2. The number of azide groups is 1. The number of anilines is 2. The van der Waals surface area contributed by atoms with E-state index in [4.69, 9.17) is 12.0 Å². The summed E-state index contributed by atoms with van der Waals surface area (Å²) >= 11 is 0. The minimum Gasteiger partial charge on any atom is -0.363 e. The molecule has 7 nitrogen and oxygen atoms in total. The number of carbonyl (C=O) groups is 1. The van der Waals surface area contributed by atoms with Crippen LogP contribution in [0.1, 0.15) is 46.8 Å². The molecule has 1 aliphatic carbocycles. The normalized spacial score (nSPS) is 17.6. The Hall–Kier alpha value is -4.76. The number of para-hydroxylation sites is 1. The SMILES string of the molecule is C#CCC(NC(C1=CC=CCC1)c1ccccc1)C1Nc2cccc(CN=[N+]=[N-])c2C(=O)N1c1ccccc1. The Bertz CT molecular complexity index is 1470. The number of benzene rings is 3. The van der Waals surface area contributed by atoms with Crippen LogP contribution in [0.2, 0.25) is 0 Å². The molecule has 0 radical (unpaired) electrons. The Kier molecular flexibility index (Phi) is 8.09.